The van der Waals surface area contributed by atoms with E-state index in [0.717, 1.165) is 58.7 Å². The Morgan fingerprint density at radius 2 is 1.92 bits per heavy atom. The van der Waals surface area contributed by atoms with Crippen LogP contribution < -0.4 is 4.90 Å². The predicted molar refractivity (Wildman–Crippen MR) is 101 cm³/mol. The van der Waals surface area contributed by atoms with Gasteiger partial charge in [-0.05, 0) is 19.1 Å². The van der Waals surface area contributed by atoms with Gasteiger partial charge in [-0.15, -0.1) is 0 Å². The minimum Gasteiger partial charge on any atom is -0.477 e. The number of carboxylic acids is 1. The van der Waals surface area contributed by atoms with Crippen molar-refractivity contribution in [1.82, 2.24) is 19.8 Å². The average molecular weight is 382 g/mol. The SMILES string of the molecule is CSc1ncc(C(=O)O)c(N2CCC(N3CCN(CCO)CC3)CC2)n1. The number of aromatic nitrogens is 2. The van der Waals surface area contributed by atoms with E-state index in [2.05, 4.69) is 24.7 Å². The molecule has 2 saturated heterocycles. The molecule has 0 aliphatic carbocycles. The largest absolute Gasteiger partial charge is 0.477 e. The first-order chi connectivity index (χ1) is 12.6. The van der Waals surface area contributed by atoms with Crippen molar-refractivity contribution in [2.75, 3.05) is 63.6 Å². The fraction of sp³-hybridized carbons (Fsp3) is 0.706. The van der Waals surface area contributed by atoms with E-state index < -0.39 is 5.97 Å². The summed E-state index contributed by atoms with van der Waals surface area (Å²) < 4.78 is 0. The van der Waals surface area contributed by atoms with Gasteiger partial charge < -0.3 is 15.1 Å². The van der Waals surface area contributed by atoms with Crippen LogP contribution in [-0.2, 0) is 0 Å². The molecule has 1 aromatic heterocycles. The highest BCUT2D eigenvalue weighted by Crippen LogP contribution is 2.26. The molecule has 0 unspecified atom stereocenters. The topological polar surface area (TPSA) is 93.0 Å². The standard InChI is InChI=1S/C17H27N5O3S/c1-26-17-18-12-14(16(24)25)15(19-17)22-4-2-13(3-5-22)21-8-6-20(7-9-21)10-11-23/h12-13,23H,2-11H2,1H3,(H,24,25). The number of hydrogen-bond acceptors (Lipinski definition) is 8. The molecule has 3 rings (SSSR count). The van der Waals surface area contributed by atoms with Gasteiger partial charge in [-0.3, -0.25) is 9.80 Å². The molecule has 2 fully saturated rings. The van der Waals surface area contributed by atoms with E-state index in [1.165, 1.54) is 18.0 Å². The summed E-state index contributed by atoms with van der Waals surface area (Å²) in [5.41, 5.74) is 0.180. The van der Waals surface area contributed by atoms with Crippen molar-refractivity contribution in [3.63, 3.8) is 0 Å². The number of thioether (sulfide) groups is 1. The van der Waals surface area contributed by atoms with Crippen LogP contribution in [0.2, 0.25) is 0 Å². The van der Waals surface area contributed by atoms with Crippen LogP contribution in [0.5, 0.6) is 0 Å². The number of carboxylic acid groups (broad SMARTS) is 1. The Labute approximate surface area is 158 Å². The van der Waals surface area contributed by atoms with E-state index in [-0.39, 0.29) is 12.2 Å². The number of β-amino-alcohol motifs (C(OH)–C–C–N with tert-alkyl or cyclic N) is 1. The molecular weight excluding hydrogens is 354 g/mol. The number of piperidine rings is 1. The van der Waals surface area contributed by atoms with Crippen LogP contribution in [0.3, 0.4) is 0 Å². The minimum absolute atomic E-state index is 0.180. The van der Waals surface area contributed by atoms with Gasteiger partial charge in [0.1, 0.15) is 11.4 Å². The van der Waals surface area contributed by atoms with Crippen LogP contribution in [0.4, 0.5) is 5.82 Å². The van der Waals surface area contributed by atoms with Crippen LogP contribution in [0, 0.1) is 0 Å². The second-order valence-electron chi connectivity index (χ2n) is 6.72. The Kier molecular flexibility index (Phi) is 6.68. The summed E-state index contributed by atoms with van der Waals surface area (Å²) in [6, 6.07) is 0.540. The van der Waals surface area contributed by atoms with Crippen molar-refractivity contribution < 1.29 is 15.0 Å². The third-order valence-corrected chi connectivity index (χ3v) is 5.82. The number of aliphatic hydroxyl groups excluding tert-OH is 1. The molecule has 0 spiro atoms. The van der Waals surface area contributed by atoms with Gasteiger partial charge in [0.05, 0.1) is 6.61 Å². The van der Waals surface area contributed by atoms with E-state index in [4.69, 9.17) is 5.11 Å². The van der Waals surface area contributed by atoms with Crippen molar-refractivity contribution in [2.45, 2.75) is 24.0 Å². The molecule has 8 nitrogen and oxygen atoms in total. The minimum atomic E-state index is -0.977. The molecule has 9 heteroatoms. The Bertz CT molecular complexity index is 616. The molecule has 0 aromatic carbocycles. The monoisotopic (exact) mass is 381 g/mol. The Hall–Kier alpha value is -1.42. The highest BCUT2D eigenvalue weighted by atomic mass is 32.2. The van der Waals surface area contributed by atoms with Gasteiger partial charge in [-0.25, -0.2) is 14.8 Å². The molecule has 144 valence electrons. The molecule has 0 radical (unpaired) electrons. The van der Waals surface area contributed by atoms with Gasteiger partial charge in [0, 0.05) is 58.1 Å². The Balaban J connectivity index is 1.60. The predicted octanol–water partition coefficient (Wildman–Crippen LogP) is 0.475. The number of rotatable bonds is 6. The highest BCUT2D eigenvalue weighted by Gasteiger charge is 2.29. The van der Waals surface area contributed by atoms with Crippen molar-refractivity contribution in [2.24, 2.45) is 0 Å². The van der Waals surface area contributed by atoms with Crippen LogP contribution in [0.15, 0.2) is 11.4 Å². The number of aliphatic hydroxyl groups is 1. The average Bonchev–Trinajstić information content (AvgIpc) is 2.68. The van der Waals surface area contributed by atoms with E-state index >= 15 is 0 Å². The Morgan fingerprint density at radius 3 is 2.50 bits per heavy atom. The number of hydrogen-bond donors (Lipinski definition) is 2. The second kappa shape index (κ2) is 8.98. The first kappa shape index (κ1) is 19.3. The van der Waals surface area contributed by atoms with Crippen LogP contribution in [0.1, 0.15) is 23.2 Å². The molecule has 0 saturated carbocycles. The summed E-state index contributed by atoms with van der Waals surface area (Å²) in [5, 5.41) is 19.1. The van der Waals surface area contributed by atoms with Crippen molar-refractivity contribution in [3.05, 3.63) is 11.8 Å². The number of aromatic carboxylic acids is 1. The molecule has 2 N–H and O–H groups in total. The third-order valence-electron chi connectivity index (χ3n) is 5.26. The fourth-order valence-electron chi connectivity index (χ4n) is 3.78. The van der Waals surface area contributed by atoms with Gasteiger partial charge in [-0.1, -0.05) is 11.8 Å². The molecule has 0 atom stereocenters. The molecule has 2 aliphatic heterocycles. The van der Waals surface area contributed by atoms with E-state index in [1.54, 1.807) is 0 Å². The third kappa shape index (κ3) is 4.46. The number of anilines is 1. The Morgan fingerprint density at radius 1 is 1.23 bits per heavy atom. The van der Waals surface area contributed by atoms with Gasteiger partial charge in [-0.2, -0.15) is 0 Å². The fourth-order valence-corrected chi connectivity index (χ4v) is 4.12. The zero-order valence-corrected chi connectivity index (χ0v) is 16.0. The zero-order valence-electron chi connectivity index (χ0n) is 15.2. The normalized spacial score (nSPS) is 20.5. The van der Waals surface area contributed by atoms with Gasteiger partial charge in [0.15, 0.2) is 5.16 Å². The van der Waals surface area contributed by atoms with Gasteiger partial charge in [0.25, 0.3) is 0 Å². The van der Waals surface area contributed by atoms with E-state index in [0.29, 0.717) is 17.0 Å². The lowest BCUT2D eigenvalue weighted by Crippen LogP contribution is -2.53. The van der Waals surface area contributed by atoms with Crippen molar-refractivity contribution in [3.8, 4) is 0 Å². The summed E-state index contributed by atoms with van der Waals surface area (Å²) in [6.45, 7) is 6.69. The smallest absolute Gasteiger partial charge is 0.341 e. The summed E-state index contributed by atoms with van der Waals surface area (Å²) in [5.74, 6) is -0.433. The second-order valence-corrected chi connectivity index (χ2v) is 7.49. The molecule has 1 aromatic rings. The summed E-state index contributed by atoms with van der Waals surface area (Å²) in [4.78, 5) is 27.0. The molecular formula is C17H27N5O3S. The van der Waals surface area contributed by atoms with Crippen LogP contribution in [-0.4, -0.2) is 101 Å². The molecule has 26 heavy (non-hydrogen) atoms. The summed E-state index contributed by atoms with van der Waals surface area (Å²) in [6.07, 6.45) is 5.33. The number of nitrogens with zero attached hydrogens (tertiary/aromatic N) is 5. The van der Waals surface area contributed by atoms with Gasteiger partial charge in [0.2, 0.25) is 0 Å². The lowest BCUT2D eigenvalue weighted by molar-refractivity contribution is 0.0695. The van der Waals surface area contributed by atoms with E-state index in [1.807, 2.05) is 6.26 Å². The quantitative estimate of drug-likeness (QED) is 0.539. The summed E-state index contributed by atoms with van der Waals surface area (Å²) >= 11 is 1.42. The van der Waals surface area contributed by atoms with Crippen LogP contribution >= 0.6 is 11.8 Å². The maximum Gasteiger partial charge on any atom is 0.341 e. The number of piperazine rings is 1. The highest BCUT2D eigenvalue weighted by molar-refractivity contribution is 7.98. The molecule has 0 bridgehead atoms. The van der Waals surface area contributed by atoms with E-state index in [9.17, 15) is 9.90 Å². The first-order valence-corrected chi connectivity index (χ1v) is 10.3. The first-order valence-electron chi connectivity index (χ1n) is 9.09. The van der Waals surface area contributed by atoms with Crippen LogP contribution in [0.25, 0.3) is 0 Å². The van der Waals surface area contributed by atoms with Gasteiger partial charge >= 0.3 is 5.97 Å². The lowest BCUT2D eigenvalue weighted by Gasteiger charge is -2.43. The molecule has 0 amide bonds. The molecule has 2 aliphatic rings. The van der Waals surface area contributed by atoms with Crippen molar-refractivity contribution >= 4 is 23.5 Å². The maximum absolute atomic E-state index is 11.5. The summed E-state index contributed by atoms with van der Waals surface area (Å²) in [7, 11) is 0. The molecule has 3 heterocycles. The number of carbonyl (C=O) groups is 1. The zero-order chi connectivity index (χ0) is 18.5. The lowest BCUT2D eigenvalue weighted by atomic mass is 10.0. The van der Waals surface area contributed by atoms with Crippen molar-refractivity contribution in [1.29, 1.82) is 0 Å². The maximum atomic E-state index is 11.5.